The Labute approximate surface area is 127 Å². The highest BCUT2D eigenvalue weighted by molar-refractivity contribution is 7.99. The van der Waals surface area contributed by atoms with Gasteiger partial charge in [0.15, 0.2) is 11.4 Å². The monoisotopic (exact) mass is 306 g/mol. The van der Waals surface area contributed by atoms with Crippen LogP contribution < -0.4 is 5.73 Å². The van der Waals surface area contributed by atoms with Crippen LogP contribution in [-0.2, 0) is 9.47 Å². The van der Waals surface area contributed by atoms with Crippen molar-refractivity contribution in [2.75, 3.05) is 13.2 Å². The predicted octanol–water partition coefficient (Wildman–Crippen LogP) is 2.54. The first-order valence-electron chi connectivity index (χ1n) is 7.30. The van der Waals surface area contributed by atoms with E-state index in [1.165, 1.54) is 0 Å². The third-order valence-electron chi connectivity index (χ3n) is 4.19. The average Bonchev–Trinajstić information content (AvgIpc) is 3.09. The second-order valence-corrected chi connectivity index (χ2v) is 6.81. The molecule has 2 aliphatic rings. The molecule has 2 aromatic rings. The van der Waals surface area contributed by atoms with Crippen LogP contribution in [0.2, 0.25) is 0 Å². The number of oxazole rings is 1. The van der Waals surface area contributed by atoms with Crippen LogP contribution in [0.1, 0.15) is 19.3 Å². The van der Waals surface area contributed by atoms with Crippen molar-refractivity contribution in [1.82, 2.24) is 4.98 Å². The Morgan fingerprint density at radius 3 is 2.86 bits per heavy atom. The molecule has 2 heterocycles. The summed E-state index contributed by atoms with van der Waals surface area (Å²) in [5.41, 5.74) is 7.96. The van der Waals surface area contributed by atoms with Crippen LogP contribution in [0.15, 0.2) is 33.9 Å². The average molecular weight is 306 g/mol. The van der Waals surface area contributed by atoms with Gasteiger partial charge in [0.05, 0.1) is 13.2 Å². The van der Waals surface area contributed by atoms with E-state index in [1.807, 2.05) is 24.3 Å². The molecule has 1 saturated carbocycles. The standard InChI is InChI=1S/C15H18N2O3S/c16-10-5-6-15(18-7-8-19-15)9-13(10)21-14-17-11-3-1-2-4-12(11)20-14/h1-4,10,13H,5-9,16H2. The van der Waals surface area contributed by atoms with Gasteiger partial charge in [-0.1, -0.05) is 23.9 Å². The molecule has 2 unspecified atom stereocenters. The molecule has 1 saturated heterocycles. The van der Waals surface area contributed by atoms with Crippen LogP contribution in [0.3, 0.4) is 0 Å². The first kappa shape index (κ1) is 13.6. The van der Waals surface area contributed by atoms with Gasteiger partial charge in [-0.25, -0.2) is 4.98 Å². The number of rotatable bonds is 2. The minimum atomic E-state index is -0.431. The fourth-order valence-electron chi connectivity index (χ4n) is 3.05. The normalized spacial score (nSPS) is 28.4. The smallest absolute Gasteiger partial charge is 0.257 e. The summed E-state index contributed by atoms with van der Waals surface area (Å²) in [6.45, 7) is 1.35. The van der Waals surface area contributed by atoms with Gasteiger partial charge in [0.1, 0.15) is 5.52 Å². The zero-order chi connectivity index (χ0) is 14.3. The molecule has 21 heavy (non-hydrogen) atoms. The van der Waals surface area contributed by atoms with Gasteiger partial charge in [-0.15, -0.1) is 0 Å². The van der Waals surface area contributed by atoms with Gasteiger partial charge in [-0.3, -0.25) is 0 Å². The van der Waals surface area contributed by atoms with Crippen molar-refractivity contribution in [2.24, 2.45) is 5.73 Å². The lowest BCUT2D eigenvalue weighted by atomic mass is 9.90. The number of aromatic nitrogens is 1. The Balaban J connectivity index is 1.54. The number of hydrogen-bond acceptors (Lipinski definition) is 6. The fourth-order valence-corrected chi connectivity index (χ4v) is 4.25. The zero-order valence-electron chi connectivity index (χ0n) is 11.7. The summed E-state index contributed by atoms with van der Waals surface area (Å²) in [5.74, 6) is -0.431. The van der Waals surface area contributed by atoms with Crippen molar-refractivity contribution in [2.45, 2.75) is 41.6 Å². The topological polar surface area (TPSA) is 70.5 Å². The minimum absolute atomic E-state index is 0.114. The maximum Gasteiger partial charge on any atom is 0.257 e. The number of para-hydroxylation sites is 2. The van der Waals surface area contributed by atoms with E-state index in [9.17, 15) is 0 Å². The number of nitrogens with two attached hydrogens (primary N) is 1. The lowest BCUT2D eigenvalue weighted by Gasteiger charge is -2.38. The molecular weight excluding hydrogens is 288 g/mol. The Kier molecular flexibility index (Phi) is 3.41. The Hall–Kier alpha value is -1.08. The third kappa shape index (κ3) is 2.57. The quantitative estimate of drug-likeness (QED) is 0.919. The third-order valence-corrected chi connectivity index (χ3v) is 5.38. The molecule has 1 aliphatic carbocycles. The van der Waals surface area contributed by atoms with E-state index in [4.69, 9.17) is 19.6 Å². The number of thioether (sulfide) groups is 1. The van der Waals surface area contributed by atoms with Gasteiger partial charge in [0.25, 0.3) is 5.22 Å². The predicted molar refractivity (Wildman–Crippen MR) is 80.1 cm³/mol. The van der Waals surface area contributed by atoms with Gasteiger partial charge in [-0.2, -0.15) is 0 Å². The van der Waals surface area contributed by atoms with Gasteiger partial charge in [0, 0.05) is 24.1 Å². The molecule has 1 aromatic carbocycles. The van der Waals surface area contributed by atoms with E-state index in [0.29, 0.717) is 18.4 Å². The highest BCUT2D eigenvalue weighted by Crippen LogP contribution is 2.42. The lowest BCUT2D eigenvalue weighted by molar-refractivity contribution is -0.176. The first-order chi connectivity index (χ1) is 10.2. The molecule has 0 bridgehead atoms. The number of nitrogens with zero attached hydrogens (tertiary/aromatic N) is 1. The molecule has 0 amide bonds. The molecule has 1 spiro atoms. The number of fused-ring (bicyclic) bond motifs is 1. The molecular formula is C15H18N2O3S. The van der Waals surface area contributed by atoms with Crippen LogP contribution in [0.4, 0.5) is 0 Å². The van der Waals surface area contributed by atoms with Crippen molar-refractivity contribution in [1.29, 1.82) is 0 Å². The van der Waals surface area contributed by atoms with E-state index in [-0.39, 0.29) is 11.3 Å². The van der Waals surface area contributed by atoms with Crippen molar-refractivity contribution < 1.29 is 13.9 Å². The molecule has 4 rings (SSSR count). The van der Waals surface area contributed by atoms with Crippen LogP contribution >= 0.6 is 11.8 Å². The molecule has 5 nitrogen and oxygen atoms in total. The van der Waals surface area contributed by atoms with Crippen molar-refractivity contribution in [3.63, 3.8) is 0 Å². The summed E-state index contributed by atoms with van der Waals surface area (Å²) in [7, 11) is 0. The molecule has 2 atom stereocenters. The summed E-state index contributed by atoms with van der Waals surface area (Å²) in [6, 6.07) is 7.90. The lowest BCUT2D eigenvalue weighted by Crippen LogP contribution is -2.47. The minimum Gasteiger partial charge on any atom is -0.431 e. The van der Waals surface area contributed by atoms with E-state index < -0.39 is 5.79 Å². The summed E-state index contributed by atoms with van der Waals surface area (Å²) < 4.78 is 17.4. The van der Waals surface area contributed by atoms with Crippen LogP contribution in [0.25, 0.3) is 11.1 Å². The largest absolute Gasteiger partial charge is 0.431 e. The maximum atomic E-state index is 6.27. The number of ether oxygens (including phenoxy) is 2. The molecule has 2 N–H and O–H groups in total. The summed E-state index contributed by atoms with van der Waals surface area (Å²) in [6.07, 6.45) is 2.56. The molecule has 0 radical (unpaired) electrons. The van der Waals surface area contributed by atoms with Crippen molar-refractivity contribution >= 4 is 22.9 Å². The molecule has 1 aliphatic heterocycles. The van der Waals surface area contributed by atoms with Gasteiger partial charge < -0.3 is 19.6 Å². The second kappa shape index (κ2) is 5.28. The zero-order valence-corrected chi connectivity index (χ0v) is 12.5. The Morgan fingerprint density at radius 1 is 1.24 bits per heavy atom. The van der Waals surface area contributed by atoms with E-state index >= 15 is 0 Å². The molecule has 2 fully saturated rings. The fraction of sp³-hybridized carbons (Fsp3) is 0.533. The second-order valence-electron chi connectivity index (χ2n) is 5.62. The number of benzene rings is 1. The number of hydrogen-bond donors (Lipinski definition) is 1. The first-order valence-corrected chi connectivity index (χ1v) is 8.18. The van der Waals surface area contributed by atoms with E-state index in [2.05, 4.69) is 4.98 Å². The van der Waals surface area contributed by atoms with Crippen molar-refractivity contribution in [3.05, 3.63) is 24.3 Å². The highest BCUT2D eigenvalue weighted by Gasteiger charge is 2.44. The summed E-state index contributed by atoms with van der Waals surface area (Å²) in [4.78, 5) is 4.52. The van der Waals surface area contributed by atoms with Gasteiger partial charge in [-0.05, 0) is 18.6 Å². The summed E-state index contributed by atoms with van der Waals surface area (Å²) in [5, 5.41) is 0.872. The van der Waals surface area contributed by atoms with Gasteiger partial charge >= 0.3 is 0 Å². The Morgan fingerprint density at radius 2 is 2.05 bits per heavy atom. The van der Waals surface area contributed by atoms with E-state index in [1.54, 1.807) is 11.8 Å². The molecule has 1 aromatic heterocycles. The van der Waals surface area contributed by atoms with Crippen LogP contribution in [0.5, 0.6) is 0 Å². The Bertz CT molecular complexity index is 606. The van der Waals surface area contributed by atoms with Gasteiger partial charge in [0.2, 0.25) is 0 Å². The molecule has 6 heteroatoms. The summed E-state index contributed by atoms with van der Waals surface area (Å²) >= 11 is 1.60. The van der Waals surface area contributed by atoms with Crippen LogP contribution in [-0.4, -0.2) is 35.3 Å². The van der Waals surface area contributed by atoms with Crippen molar-refractivity contribution in [3.8, 4) is 0 Å². The SMILES string of the molecule is NC1CCC2(CC1Sc1nc3ccccc3o1)OCCO2. The maximum absolute atomic E-state index is 6.27. The van der Waals surface area contributed by atoms with E-state index in [0.717, 1.165) is 30.4 Å². The molecule has 112 valence electrons. The highest BCUT2D eigenvalue weighted by atomic mass is 32.2. The van der Waals surface area contributed by atoms with Crippen LogP contribution in [0, 0.1) is 0 Å².